The van der Waals surface area contributed by atoms with Crippen molar-refractivity contribution in [3.63, 3.8) is 0 Å². The number of piperazine rings is 1. The first-order valence-electron chi connectivity index (χ1n) is 13.7. The molecule has 0 aromatic heterocycles. The zero-order valence-electron chi connectivity index (χ0n) is 21.9. The summed E-state index contributed by atoms with van der Waals surface area (Å²) in [6.45, 7) is 1.58. The molecule has 3 aliphatic heterocycles. The van der Waals surface area contributed by atoms with Gasteiger partial charge in [0, 0.05) is 28.5 Å². The van der Waals surface area contributed by atoms with Crippen molar-refractivity contribution in [1.82, 2.24) is 19.0 Å². The van der Waals surface area contributed by atoms with Crippen molar-refractivity contribution in [2.75, 3.05) is 26.2 Å². The Labute approximate surface area is 253 Å². The van der Waals surface area contributed by atoms with Gasteiger partial charge in [0.25, 0.3) is 0 Å². The number of hydrogen-bond acceptors (Lipinski definition) is 5. The monoisotopic (exact) mass is 668 g/mol. The van der Waals surface area contributed by atoms with Gasteiger partial charge in [-0.2, -0.15) is 4.31 Å². The standard InChI is InChI=1S/C28H31BrCl2N4O4S/c29-19-6-4-18(5-7-19)14-23-27(36)33(21-9-10-21)17-26-34(40(38,39)25-11-8-20(30)15-22(25)31)16-24(28(37)35(23)26)32-12-2-1-3-13-32/h4-8,11,15,21,23-24,26H,1-3,9-10,12-14,16-17H2. The summed E-state index contributed by atoms with van der Waals surface area (Å²) in [5, 5.41) is 0.367. The van der Waals surface area contributed by atoms with E-state index in [-0.39, 0.29) is 40.9 Å². The molecule has 6 rings (SSSR count). The van der Waals surface area contributed by atoms with Crippen LogP contribution in [0, 0.1) is 0 Å². The maximum Gasteiger partial charge on any atom is 0.246 e. The Balaban J connectivity index is 1.45. The third-order valence-corrected chi connectivity index (χ3v) is 11.6. The molecule has 214 valence electrons. The highest BCUT2D eigenvalue weighted by atomic mass is 79.9. The van der Waals surface area contributed by atoms with Gasteiger partial charge in [0.2, 0.25) is 21.8 Å². The minimum atomic E-state index is -4.14. The van der Waals surface area contributed by atoms with Crippen LogP contribution in [0.3, 0.4) is 0 Å². The third kappa shape index (κ3) is 5.31. The highest BCUT2D eigenvalue weighted by molar-refractivity contribution is 9.10. The number of fused-ring (bicyclic) bond motifs is 1. The fourth-order valence-corrected chi connectivity index (χ4v) is 8.85. The van der Waals surface area contributed by atoms with Crippen LogP contribution in [-0.4, -0.2) is 89.7 Å². The van der Waals surface area contributed by atoms with E-state index in [1.165, 1.54) is 22.5 Å². The van der Waals surface area contributed by atoms with Crippen LogP contribution in [0.4, 0.5) is 0 Å². The predicted octanol–water partition coefficient (Wildman–Crippen LogP) is 4.39. The Hall–Kier alpha value is -1.69. The van der Waals surface area contributed by atoms with Gasteiger partial charge in [0.15, 0.2) is 0 Å². The van der Waals surface area contributed by atoms with E-state index >= 15 is 0 Å². The number of halogens is 3. The van der Waals surface area contributed by atoms with Crippen LogP contribution in [0.15, 0.2) is 51.8 Å². The molecule has 3 unspecified atom stereocenters. The first-order valence-corrected chi connectivity index (χ1v) is 16.7. The Morgan fingerprint density at radius 2 is 1.60 bits per heavy atom. The molecule has 0 bridgehead atoms. The Morgan fingerprint density at radius 1 is 0.900 bits per heavy atom. The van der Waals surface area contributed by atoms with E-state index in [1.54, 1.807) is 9.80 Å². The maximum atomic E-state index is 14.3. The van der Waals surface area contributed by atoms with Crippen molar-refractivity contribution in [2.45, 2.75) is 67.7 Å². The van der Waals surface area contributed by atoms with Gasteiger partial charge in [-0.25, -0.2) is 8.42 Å². The molecule has 40 heavy (non-hydrogen) atoms. The predicted molar refractivity (Wildman–Crippen MR) is 157 cm³/mol. The third-order valence-electron chi connectivity index (χ3n) is 8.45. The van der Waals surface area contributed by atoms with Crippen LogP contribution in [0.2, 0.25) is 10.0 Å². The summed E-state index contributed by atoms with van der Waals surface area (Å²) in [5.41, 5.74) is 0.904. The van der Waals surface area contributed by atoms with Crippen molar-refractivity contribution in [2.24, 2.45) is 0 Å². The molecule has 2 amide bonds. The number of likely N-dealkylation sites (tertiary alicyclic amines) is 1. The van der Waals surface area contributed by atoms with Gasteiger partial charge in [-0.15, -0.1) is 0 Å². The lowest BCUT2D eigenvalue weighted by atomic mass is 9.96. The second-order valence-electron chi connectivity index (χ2n) is 11.1. The smallest absolute Gasteiger partial charge is 0.246 e. The normalized spacial score (nSPS) is 26.7. The minimum Gasteiger partial charge on any atom is -0.334 e. The molecular formula is C28H31BrCl2N4O4S. The van der Waals surface area contributed by atoms with E-state index in [4.69, 9.17) is 23.2 Å². The molecule has 4 fully saturated rings. The largest absolute Gasteiger partial charge is 0.334 e. The van der Waals surface area contributed by atoms with Crippen molar-refractivity contribution < 1.29 is 18.0 Å². The average molecular weight is 670 g/mol. The summed E-state index contributed by atoms with van der Waals surface area (Å²) in [6, 6.07) is 10.6. The fraction of sp³-hybridized carbons (Fsp3) is 0.500. The molecule has 4 aliphatic rings. The van der Waals surface area contributed by atoms with Crippen LogP contribution in [0.1, 0.15) is 37.7 Å². The quantitative estimate of drug-likeness (QED) is 0.456. The molecule has 12 heteroatoms. The number of amides is 2. The average Bonchev–Trinajstić information content (AvgIpc) is 3.77. The Bertz CT molecular complexity index is 1420. The van der Waals surface area contributed by atoms with Crippen LogP contribution in [0.5, 0.6) is 0 Å². The second-order valence-corrected chi connectivity index (χ2v) is 14.7. The zero-order chi connectivity index (χ0) is 28.2. The molecule has 8 nitrogen and oxygen atoms in total. The summed E-state index contributed by atoms with van der Waals surface area (Å²) in [7, 11) is -4.14. The summed E-state index contributed by atoms with van der Waals surface area (Å²) in [6.07, 6.45) is 4.20. The van der Waals surface area contributed by atoms with Crippen LogP contribution < -0.4 is 0 Å². The summed E-state index contributed by atoms with van der Waals surface area (Å²) < 4.78 is 31.0. The van der Waals surface area contributed by atoms with E-state index < -0.39 is 28.3 Å². The molecular weight excluding hydrogens is 639 g/mol. The summed E-state index contributed by atoms with van der Waals surface area (Å²) in [4.78, 5) is 33.7. The van der Waals surface area contributed by atoms with Crippen molar-refractivity contribution in [3.8, 4) is 0 Å². The van der Waals surface area contributed by atoms with Crippen molar-refractivity contribution >= 4 is 61.0 Å². The number of rotatable bonds is 6. The minimum absolute atomic E-state index is 0.0129. The Morgan fingerprint density at radius 3 is 2.25 bits per heavy atom. The first kappa shape index (κ1) is 28.4. The lowest BCUT2D eigenvalue weighted by Crippen LogP contribution is -2.76. The van der Waals surface area contributed by atoms with Gasteiger partial charge in [0.05, 0.1) is 11.6 Å². The number of benzene rings is 2. The molecule has 3 atom stereocenters. The lowest BCUT2D eigenvalue weighted by molar-refractivity contribution is -0.171. The van der Waals surface area contributed by atoms with Gasteiger partial charge >= 0.3 is 0 Å². The molecule has 1 saturated carbocycles. The SMILES string of the molecule is O=C1C(Cc2ccc(Br)cc2)N2C(=O)C(N3CCCCC3)CN(S(=O)(=O)c3ccc(Cl)cc3Cl)C2CN1C1CC1. The van der Waals surface area contributed by atoms with E-state index in [0.29, 0.717) is 24.5 Å². The number of nitrogens with zero attached hydrogens (tertiary/aromatic N) is 4. The van der Waals surface area contributed by atoms with Gasteiger partial charge in [0.1, 0.15) is 23.1 Å². The van der Waals surface area contributed by atoms with Crippen molar-refractivity contribution in [1.29, 1.82) is 0 Å². The van der Waals surface area contributed by atoms with Gasteiger partial charge < -0.3 is 9.80 Å². The van der Waals surface area contributed by atoms with Crippen LogP contribution >= 0.6 is 39.1 Å². The molecule has 3 heterocycles. The van der Waals surface area contributed by atoms with E-state index in [2.05, 4.69) is 20.8 Å². The molecule has 2 aromatic carbocycles. The van der Waals surface area contributed by atoms with E-state index in [9.17, 15) is 18.0 Å². The highest BCUT2D eigenvalue weighted by Gasteiger charge is 2.56. The number of sulfonamides is 1. The number of carbonyl (C=O) groups excluding carboxylic acids is 2. The van der Waals surface area contributed by atoms with E-state index in [1.807, 2.05) is 24.3 Å². The Kier molecular flexibility index (Phi) is 7.95. The van der Waals surface area contributed by atoms with Crippen molar-refractivity contribution in [3.05, 3.63) is 62.5 Å². The molecule has 0 N–H and O–H groups in total. The number of carbonyl (C=O) groups is 2. The topological polar surface area (TPSA) is 81.2 Å². The molecule has 1 aliphatic carbocycles. The number of piperidine rings is 1. The molecule has 2 aromatic rings. The summed E-state index contributed by atoms with van der Waals surface area (Å²) >= 11 is 16.0. The zero-order valence-corrected chi connectivity index (χ0v) is 25.8. The second kappa shape index (κ2) is 11.2. The molecule has 3 saturated heterocycles. The van der Waals surface area contributed by atoms with Crippen LogP contribution in [-0.2, 0) is 26.0 Å². The molecule has 0 spiro atoms. The van der Waals surface area contributed by atoms with Gasteiger partial charge in [-0.3, -0.25) is 14.5 Å². The molecule has 0 radical (unpaired) electrons. The first-order chi connectivity index (χ1) is 19.1. The van der Waals surface area contributed by atoms with Crippen LogP contribution in [0.25, 0.3) is 0 Å². The van der Waals surface area contributed by atoms with E-state index in [0.717, 1.165) is 42.1 Å². The highest BCUT2D eigenvalue weighted by Crippen LogP contribution is 2.39. The lowest BCUT2D eigenvalue weighted by Gasteiger charge is -2.55. The van der Waals surface area contributed by atoms with Gasteiger partial charge in [-0.1, -0.05) is 57.7 Å². The fourth-order valence-electron chi connectivity index (χ4n) is 6.26. The summed E-state index contributed by atoms with van der Waals surface area (Å²) in [5.74, 6) is -0.289. The number of hydrogen-bond donors (Lipinski definition) is 0. The van der Waals surface area contributed by atoms with Gasteiger partial charge in [-0.05, 0) is 74.7 Å². The maximum absolute atomic E-state index is 14.3.